The monoisotopic (exact) mass is 336 g/mol. The molecular formula is C15H16N2O3S2. The van der Waals surface area contributed by atoms with Crippen molar-refractivity contribution in [3.05, 3.63) is 22.2 Å². The Morgan fingerprint density at radius 1 is 1.27 bits per heavy atom. The van der Waals surface area contributed by atoms with Crippen LogP contribution >= 0.6 is 23.6 Å². The summed E-state index contributed by atoms with van der Waals surface area (Å²) in [6.45, 7) is 0. The van der Waals surface area contributed by atoms with Crippen molar-refractivity contribution in [3.8, 4) is 0 Å². The van der Waals surface area contributed by atoms with E-state index in [-0.39, 0.29) is 5.91 Å². The van der Waals surface area contributed by atoms with E-state index in [9.17, 15) is 14.7 Å². The third kappa shape index (κ3) is 3.05. The summed E-state index contributed by atoms with van der Waals surface area (Å²) >= 11 is 6.55. The van der Waals surface area contributed by atoms with Crippen LogP contribution in [0, 0.1) is 15.8 Å². The van der Waals surface area contributed by atoms with Crippen LogP contribution in [0.2, 0.25) is 0 Å². The second kappa shape index (κ2) is 6.18. The predicted octanol–water partition coefficient (Wildman–Crippen LogP) is 3.79. The van der Waals surface area contributed by atoms with E-state index in [2.05, 4.69) is 10.3 Å². The average Bonchev–Trinajstić information content (AvgIpc) is 2.86. The van der Waals surface area contributed by atoms with Crippen LogP contribution in [0.5, 0.6) is 0 Å². The molecule has 116 valence electrons. The van der Waals surface area contributed by atoms with E-state index >= 15 is 0 Å². The molecule has 1 aliphatic rings. The number of nitrogens with one attached hydrogen (secondary N) is 2. The number of rotatable bonds is 3. The van der Waals surface area contributed by atoms with Crippen LogP contribution in [0.15, 0.2) is 18.2 Å². The minimum atomic E-state index is -0.876. The molecule has 0 saturated heterocycles. The third-order valence-corrected chi connectivity index (χ3v) is 5.31. The third-order valence-electron chi connectivity index (χ3n) is 4.11. The van der Waals surface area contributed by atoms with Gasteiger partial charge in [-0.05, 0) is 43.3 Å². The van der Waals surface area contributed by atoms with E-state index in [1.165, 1.54) is 11.3 Å². The number of hydrogen-bond acceptors (Lipinski definition) is 4. The number of aliphatic carboxylic acids is 1. The lowest BCUT2D eigenvalue weighted by atomic mass is 9.78. The Hall–Kier alpha value is -1.73. The normalized spacial score (nSPS) is 21.6. The molecule has 1 aromatic carbocycles. The molecule has 1 aliphatic carbocycles. The first kappa shape index (κ1) is 15.2. The topological polar surface area (TPSA) is 82.2 Å². The Kier molecular flexibility index (Phi) is 4.26. The molecule has 22 heavy (non-hydrogen) atoms. The Balaban J connectivity index is 1.79. The highest BCUT2D eigenvalue weighted by molar-refractivity contribution is 7.73. The number of aromatic amines is 1. The van der Waals surface area contributed by atoms with E-state index in [1.54, 1.807) is 6.07 Å². The number of amides is 1. The highest BCUT2D eigenvalue weighted by Crippen LogP contribution is 2.32. The van der Waals surface area contributed by atoms with Gasteiger partial charge in [0.1, 0.15) is 0 Å². The van der Waals surface area contributed by atoms with Crippen molar-refractivity contribution in [2.75, 3.05) is 5.32 Å². The van der Waals surface area contributed by atoms with E-state index in [0.717, 1.165) is 23.1 Å². The van der Waals surface area contributed by atoms with E-state index in [0.29, 0.717) is 22.5 Å². The van der Waals surface area contributed by atoms with Crippen LogP contribution < -0.4 is 5.32 Å². The molecule has 5 nitrogen and oxygen atoms in total. The molecule has 1 heterocycles. The van der Waals surface area contributed by atoms with Gasteiger partial charge in [0.25, 0.3) is 0 Å². The number of carbonyl (C=O) groups is 2. The number of thiazole rings is 1. The lowest BCUT2D eigenvalue weighted by Crippen LogP contribution is -2.36. The number of carbonyl (C=O) groups excluding carboxylic acids is 1. The van der Waals surface area contributed by atoms with E-state index < -0.39 is 17.8 Å². The van der Waals surface area contributed by atoms with Crippen molar-refractivity contribution < 1.29 is 14.7 Å². The fourth-order valence-electron chi connectivity index (χ4n) is 3.00. The lowest BCUT2D eigenvalue weighted by molar-refractivity contribution is -0.147. The van der Waals surface area contributed by atoms with Crippen LogP contribution in [0.3, 0.4) is 0 Å². The van der Waals surface area contributed by atoms with Gasteiger partial charge in [-0.3, -0.25) is 9.59 Å². The van der Waals surface area contributed by atoms with Gasteiger partial charge in [-0.1, -0.05) is 12.8 Å². The highest BCUT2D eigenvalue weighted by atomic mass is 32.1. The molecule has 0 aliphatic heterocycles. The molecule has 0 radical (unpaired) electrons. The van der Waals surface area contributed by atoms with Gasteiger partial charge in [0.15, 0.2) is 3.95 Å². The van der Waals surface area contributed by atoms with Gasteiger partial charge in [0, 0.05) is 5.69 Å². The second-order valence-electron chi connectivity index (χ2n) is 5.55. The molecule has 0 bridgehead atoms. The maximum atomic E-state index is 12.4. The van der Waals surface area contributed by atoms with E-state index in [4.69, 9.17) is 12.2 Å². The zero-order valence-electron chi connectivity index (χ0n) is 11.8. The number of H-pyrrole nitrogens is 1. The maximum Gasteiger partial charge on any atom is 0.307 e. The number of carboxylic acid groups (broad SMARTS) is 1. The minimum Gasteiger partial charge on any atom is -0.481 e. The largest absolute Gasteiger partial charge is 0.481 e. The summed E-state index contributed by atoms with van der Waals surface area (Å²) in [7, 11) is 0. The Morgan fingerprint density at radius 2 is 2.00 bits per heavy atom. The molecular weight excluding hydrogens is 320 g/mol. The SMILES string of the molecule is O=C(O)[C@H]1CCCC[C@H]1C(=O)Nc1ccc2[nH]c(=S)sc2c1. The number of hydrogen-bond donors (Lipinski definition) is 3. The number of anilines is 1. The van der Waals surface area contributed by atoms with E-state index in [1.807, 2.05) is 12.1 Å². The molecule has 7 heteroatoms. The highest BCUT2D eigenvalue weighted by Gasteiger charge is 2.35. The standard InChI is InChI=1S/C15H16N2O3S2/c18-13(9-3-1-2-4-10(9)14(19)20)16-8-5-6-11-12(7-8)22-15(21)17-11/h5-7,9-10H,1-4H2,(H,16,18)(H,17,21)(H,19,20)/t9-,10+/m1/s1. The summed E-state index contributed by atoms with van der Waals surface area (Å²) in [5, 5.41) is 12.1. The van der Waals surface area contributed by atoms with Crippen molar-refractivity contribution in [1.29, 1.82) is 0 Å². The number of benzene rings is 1. The minimum absolute atomic E-state index is 0.203. The molecule has 1 fully saturated rings. The lowest BCUT2D eigenvalue weighted by Gasteiger charge is -2.27. The van der Waals surface area contributed by atoms with Crippen LogP contribution in [0.25, 0.3) is 10.2 Å². The van der Waals surface area contributed by atoms with Gasteiger partial charge in [-0.15, -0.1) is 11.3 Å². The molecule has 1 saturated carbocycles. The number of fused-ring (bicyclic) bond motifs is 1. The van der Waals surface area contributed by atoms with Crippen molar-refractivity contribution in [2.45, 2.75) is 25.7 Å². The Morgan fingerprint density at radius 3 is 2.73 bits per heavy atom. The Labute approximate surface area is 136 Å². The van der Waals surface area contributed by atoms with Gasteiger partial charge < -0.3 is 15.4 Å². The quantitative estimate of drug-likeness (QED) is 0.745. The molecule has 1 amide bonds. The van der Waals surface area contributed by atoms with Gasteiger partial charge >= 0.3 is 5.97 Å². The molecule has 1 aromatic heterocycles. The average molecular weight is 336 g/mol. The molecule has 3 N–H and O–H groups in total. The molecule has 3 rings (SSSR count). The fourth-order valence-corrected chi connectivity index (χ4v) is 4.15. The van der Waals surface area contributed by atoms with Crippen LogP contribution in [0.1, 0.15) is 25.7 Å². The summed E-state index contributed by atoms with van der Waals surface area (Å²) < 4.78 is 1.66. The molecule has 0 unspecified atom stereocenters. The van der Waals surface area contributed by atoms with Crippen molar-refractivity contribution >= 4 is 51.3 Å². The predicted molar refractivity (Wildman–Crippen MR) is 88.7 cm³/mol. The first-order chi connectivity index (χ1) is 10.5. The molecule has 2 aromatic rings. The number of aromatic nitrogens is 1. The summed E-state index contributed by atoms with van der Waals surface area (Å²) in [4.78, 5) is 26.8. The smallest absolute Gasteiger partial charge is 0.307 e. The maximum absolute atomic E-state index is 12.4. The first-order valence-electron chi connectivity index (χ1n) is 7.21. The zero-order chi connectivity index (χ0) is 15.7. The zero-order valence-corrected chi connectivity index (χ0v) is 13.4. The summed E-state index contributed by atoms with van der Waals surface area (Å²) in [6, 6.07) is 5.53. The number of carboxylic acids is 1. The molecule has 0 spiro atoms. The molecule has 2 atom stereocenters. The van der Waals surface area contributed by atoms with Gasteiger partial charge in [-0.2, -0.15) is 0 Å². The summed E-state index contributed by atoms with van der Waals surface area (Å²) in [5.41, 5.74) is 1.62. The van der Waals surface area contributed by atoms with Crippen molar-refractivity contribution in [2.24, 2.45) is 11.8 Å². The van der Waals surface area contributed by atoms with Crippen LogP contribution in [-0.2, 0) is 9.59 Å². The van der Waals surface area contributed by atoms with Crippen molar-refractivity contribution in [1.82, 2.24) is 4.98 Å². The first-order valence-corrected chi connectivity index (χ1v) is 8.43. The van der Waals surface area contributed by atoms with Gasteiger partial charge in [0.05, 0.1) is 22.1 Å². The summed E-state index contributed by atoms with van der Waals surface area (Å²) in [6.07, 6.45) is 2.99. The van der Waals surface area contributed by atoms with Gasteiger partial charge in [-0.25, -0.2) is 0 Å². The summed E-state index contributed by atoms with van der Waals surface area (Å²) in [5.74, 6) is -2.11. The Bertz CT molecular complexity index is 780. The van der Waals surface area contributed by atoms with Gasteiger partial charge in [0.2, 0.25) is 5.91 Å². The van der Waals surface area contributed by atoms with Crippen LogP contribution in [-0.4, -0.2) is 22.0 Å². The fraction of sp³-hybridized carbons (Fsp3) is 0.400. The van der Waals surface area contributed by atoms with Crippen LogP contribution in [0.4, 0.5) is 5.69 Å². The van der Waals surface area contributed by atoms with Crippen molar-refractivity contribution in [3.63, 3.8) is 0 Å². The second-order valence-corrected chi connectivity index (χ2v) is 7.27.